The van der Waals surface area contributed by atoms with Gasteiger partial charge in [0.25, 0.3) is 0 Å². The van der Waals surface area contributed by atoms with Crippen LogP contribution in [0.3, 0.4) is 0 Å². The lowest BCUT2D eigenvalue weighted by Crippen LogP contribution is -2.06. The van der Waals surface area contributed by atoms with Gasteiger partial charge in [-0.25, -0.2) is 17.9 Å². The average Bonchev–Trinajstić information content (AvgIpc) is 2.94. The number of ether oxygens (including phenoxy) is 1. The quantitative estimate of drug-likeness (QED) is 0.614. The minimum atomic E-state index is -3.83. The predicted octanol–water partition coefficient (Wildman–Crippen LogP) is 3.39. The fourth-order valence-corrected chi connectivity index (χ4v) is 5.24. The van der Waals surface area contributed by atoms with Gasteiger partial charge >= 0.3 is 0 Å². The molecule has 1 aromatic carbocycles. The van der Waals surface area contributed by atoms with Crippen LogP contribution in [0.15, 0.2) is 45.1 Å². The van der Waals surface area contributed by atoms with Crippen molar-refractivity contribution in [3.8, 4) is 0 Å². The summed E-state index contributed by atoms with van der Waals surface area (Å²) in [6, 6.07) is 8.00. The minimum Gasteiger partial charge on any atom is -0.378 e. The first-order chi connectivity index (χ1) is 11.9. The van der Waals surface area contributed by atoms with Gasteiger partial charge in [-0.15, -0.1) is 11.8 Å². The molecular weight excluding hydrogens is 382 g/mol. The number of aromatic nitrogens is 3. The van der Waals surface area contributed by atoms with E-state index in [4.69, 9.17) is 16.3 Å². The highest BCUT2D eigenvalue weighted by atomic mass is 35.5. The standard InChI is InChI=1S/C16H16ClN3O3S2/c1-10-7-12(9-23-2)20-15(18-10)14(16(19-20)24-3)25(21,22)13-6-4-5-11(17)8-13/h4-8H,9H2,1-3H3. The van der Waals surface area contributed by atoms with Crippen molar-refractivity contribution in [3.05, 3.63) is 46.7 Å². The molecule has 0 aliphatic carbocycles. The summed E-state index contributed by atoms with van der Waals surface area (Å²) in [5, 5.41) is 5.17. The molecule has 0 saturated carbocycles. The Morgan fingerprint density at radius 2 is 2.08 bits per heavy atom. The molecule has 9 heteroatoms. The summed E-state index contributed by atoms with van der Waals surface area (Å²) in [4.78, 5) is 4.62. The van der Waals surface area contributed by atoms with Crippen LogP contribution in [-0.2, 0) is 21.2 Å². The molecule has 3 aromatic rings. The Kier molecular flexibility index (Phi) is 5.06. The van der Waals surface area contributed by atoms with Crippen molar-refractivity contribution in [2.45, 2.75) is 28.3 Å². The second-order valence-corrected chi connectivity index (χ2v) is 8.47. The third kappa shape index (κ3) is 3.27. The Morgan fingerprint density at radius 1 is 1.32 bits per heavy atom. The van der Waals surface area contributed by atoms with Gasteiger partial charge in [-0.05, 0) is 37.4 Å². The van der Waals surface area contributed by atoms with Gasteiger partial charge in [0.1, 0.15) is 5.03 Å². The SMILES string of the molecule is COCc1cc(C)nc2c(S(=O)(=O)c3cccc(Cl)c3)c(SC)nn12. The summed E-state index contributed by atoms with van der Waals surface area (Å²) in [5.41, 5.74) is 1.71. The van der Waals surface area contributed by atoms with Gasteiger partial charge in [0.15, 0.2) is 10.5 Å². The number of fused-ring (bicyclic) bond motifs is 1. The van der Waals surface area contributed by atoms with Gasteiger partial charge in [-0.1, -0.05) is 17.7 Å². The van der Waals surface area contributed by atoms with Crippen molar-refractivity contribution in [2.75, 3.05) is 13.4 Å². The van der Waals surface area contributed by atoms with Crippen LogP contribution < -0.4 is 0 Å². The summed E-state index contributed by atoms with van der Waals surface area (Å²) in [7, 11) is -2.25. The van der Waals surface area contributed by atoms with Gasteiger partial charge in [-0.3, -0.25) is 0 Å². The van der Waals surface area contributed by atoms with Crippen LogP contribution in [0.2, 0.25) is 5.02 Å². The summed E-state index contributed by atoms with van der Waals surface area (Å²) < 4.78 is 33.2. The van der Waals surface area contributed by atoms with Crippen LogP contribution in [0.1, 0.15) is 11.4 Å². The summed E-state index contributed by atoms with van der Waals surface area (Å²) in [6.07, 6.45) is 1.78. The summed E-state index contributed by atoms with van der Waals surface area (Å²) in [6.45, 7) is 2.10. The molecule has 0 aliphatic rings. The minimum absolute atomic E-state index is 0.0864. The molecule has 2 aromatic heterocycles. The number of thioether (sulfide) groups is 1. The molecule has 0 aliphatic heterocycles. The molecule has 25 heavy (non-hydrogen) atoms. The first-order valence-electron chi connectivity index (χ1n) is 7.31. The molecule has 0 radical (unpaired) electrons. The van der Waals surface area contributed by atoms with Crippen LogP contribution in [0.25, 0.3) is 5.65 Å². The number of methoxy groups -OCH3 is 1. The number of rotatable bonds is 5. The molecule has 2 heterocycles. The number of nitrogens with zero attached hydrogens (tertiary/aromatic N) is 3. The molecule has 0 unspecified atom stereocenters. The average molecular weight is 398 g/mol. The van der Waals surface area contributed by atoms with Crippen LogP contribution in [0, 0.1) is 6.92 Å². The zero-order valence-corrected chi connectivity index (χ0v) is 16.2. The predicted molar refractivity (Wildman–Crippen MR) is 97.1 cm³/mol. The monoisotopic (exact) mass is 397 g/mol. The van der Waals surface area contributed by atoms with Crippen molar-refractivity contribution in [1.82, 2.24) is 14.6 Å². The molecule has 0 spiro atoms. The Balaban J connectivity index is 2.35. The zero-order valence-electron chi connectivity index (χ0n) is 13.9. The van der Waals surface area contributed by atoms with Crippen molar-refractivity contribution in [3.63, 3.8) is 0 Å². The summed E-state index contributed by atoms with van der Waals surface area (Å²) >= 11 is 7.23. The topological polar surface area (TPSA) is 73.6 Å². The van der Waals surface area contributed by atoms with E-state index >= 15 is 0 Å². The first kappa shape index (κ1) is 18.2. The second kappa shape index (κ2) is 6.95. The number of aryl methyl sites for hydroxylation is 1. The van der Waals surface area contributed by atoms with E-state index in [1.54, 1.807) is 32.4 Å². The number of hydrogen-bond acceptors (Lipinski definition) is 6. The molecule has 132 valence electrons. The molecule has 0 amide bonds. The van der Waals surface area contributed by atoms with Crippen molar-refractivity contribution < 1.29 is 13.2 Å². The third-order valence-corrected chi connectivity index (χ3v) is 6.40. The lowest BCUT2D eigenvalue weighted by molar-refractivity contribution is 0.179. The smallest absolute Gasteiger partial charge is 0.213 e. The molecular formula is C16H16ClN3O3S2. The van der Waals surface area contributed by atoms with Crippen LogP contribution >= 0.6 is 23.4 Å². The highest BCUT2D eigenvalue weighted by Gasteiger charge is 2.29. The number of hydrogen-bond donors (Lipinski definition) is 0. The van der Waals surface area contributed by atoms with E-state index < -0.39 is 9.84 Å². The van der Waals surface area contributed by atoms with Crippen molar-refractivity contribution in [2.24, 2.45) is 0 Å². The van der Waals surface area contributed by atoms with Crippen LogP contribution in [-0.4, -0.2) is 36.4 Å². The molecule has 6 nitrogen and oxygen atoms in total. The maximum atomic E-state index is 13.2. The molecule has 0 bridgehead atoms. The van der Waals surface area contributed by atoms with Crippen molar-refractivity contribution >= 4 is 38.8 Å². The fraction of sp³-hybridized carbons (Fsp3) is 0.250. The van der Waals surface area contributed by atoms with Gasteiger partial charge in [0.05, 0.1) is 17.2 Å². The molecule has 0 N–H and O–H groups in total. The first-order valence-corrected chi connectivity index (χ1v) is 10.4. The van der Waals surface area contributed by atoms with E-state index in [-0.39, 0.29) is 15.4 Å². The Morgan fingerprint density at radius 3 is 2.72 bits per heavy atom. The highest BCUT2D eigenvalue weighted by molar-refractivity contribution is 7.99. The highest BCUT2D eigenvalue weighted by Crippen LogP contribution is 2.33. The largest absolute Gasteiger partial charge is 0.378 e. The van der Waals surface area contributed by atoms with E-state index in [0.29, 0.717) is 22.3 Å². The Hall–Kier alpha value is -1.61. The molecule has 0 saturated heterocycles. The van der Waals surface area contributed by atoms with E-state index in [9.17, 15) is 8.42 Å². The Labute approximate surface area is 155 Å². The molecule has 0 atom stereocenters. The van der Waals surface area contributed by atoms with Gasteiger partial charge in [-0.2, -0.15) is 5.10 Å². The van der Waals surface area contributed by atoms with Gasteiger partial charge < -0.3 is 4.74 Å². The maximum absolute atomic E-state index is 13.2. The lowest BCUT2D eigenvalue weighted by atomic mass is 10.3. The van der Waals surface area contributed by atoms with Crippen LogP contribution in [0.5, 0.6) is 0 Å². The second-order valence-electron chi connectivity index (χ2n) is 5.36. The normalized spacial score (nSPS) is 12.0. The Bertz CT molecular complexity index is 1050. The van der Waals surface area contributed by atoms with Crippen molar-refractivity contribution in [1.29, 1.82) is 0 Å². The lowest BCUT2D eigenvalue weighted by Gasteiger charge is -2.07. The van der Waals surface area contributed by atoms with Crippen LogP contribution in [0.4, 0.5) is 0 Å². The number of halogens is 1. The van der Waals surface area contributed by atoms with E-state index in [1.165, 1.54) is 28.4 Å². The van der Waals surface area contributed by atoms with E-state index in [0.717, 1.165) is 5.69 Å². The third-order valence-electron chi connectivity index (χ3n) is 3.58. The van der Waals surface area contributed by atoms with Gasteiger partial charge in [0, 0.05) is 17.8 Å². The maximum Gasteiger partial charge on any atom is 0.213 e. The number of sulfone groups is 1. The molecule has 0 fully saturated rings. The van der Waals surface area contributed by atoms with E-state index in [2.05, 4.69) is 10.1 Å². The van der Waals surface area contributed by atoms with Gasteiger partial charge in [0.2, 0.25) is 9.84 Å². The molecule has 3 rings (SSSR count). The summed E-state index contributed by atoms with van der Waals surface area (Å²) in [5.74, 6) is 0. The fourth-order valence-electron chi connectivity index (χ4n) is 2.55. The number of benzene rings is 1. The van der Waals surface area contributed by atoms with E-state index in [1.807, 2.05) is 6.07 Å². The zero-order chi connectivity index (χ0) is 18.2.